The van der Waals surface area contributed by atoms with Gasteiger partial charge in [0.2, 0.25) is 0 Å². The van der Waals surface area contributed by atoms with E-state index in [4.69, 9.17) is 0 Å². The van der Waals surface area contributed by atoms with E-state index in [2.05, 4.69) is 52.0 Å². The molecule has 0 saturated carbocycles. The molecule has 1 rings (SSSR count). The first-order valence-electron chi connectivity index (χ1n) is 4.63. The van der Waals surface area contributed by atoms with E-state index in [1.54, 1.807) is 0 Å². The van der Waals surface area contributed by atoms with Gasteiger partial charge in [-0.3, -0.25) is 0 Å². The molecular weight excluding hydrogens is 144 g/mol. The smallest absolute Gasteiger partial charge is 0.0132 e. The van der Waals surface area contributed by atoms with E-state index >= 15 is 0 Å². The maximum atomic E-state index is 2.31. The van der Waals surface area contributed by atoms with Crippen molar-refractivity contribution in [3.05, 3.63) is 35.4 Å². The number of hydrogen-bond acceptors (Lipinski definition) is 0. The summed E-state index contributed by atoms with van der Waals surface area (Å²) in [5.74, 6) is 0. The largest absolute Gasteiger partial charge is 0.0617 e. The summed E-state index contributed by atoms with van der Waals surface area (Å²) in [7, 11) is 0. The van der Waals surface area contributed by atoms with Gasteiger partial charge >= 0.3 is 0 Å². The lowest BCUT2D eigenvalue weighted by Gasteiger charge is -2.19. The Morgan fingerprint density at radius 3 is 2.33 bits per heavy atom. The third kappa shape index (κ3) is 2.10. The minimum Gasteiger partial charge on any atom is -0.0617 e. The van der Waals surface area contributed by atoms with Crippen molar-refractivity contribution in [3.63, 3.8) is 0 Å². The third-order valence-corrected chi connectivity index (χ3v) is 2.20. The van der Waals surface area contributed by atoms with Crippen molar-refractivity contribution < 1.29 is 0 Å². The summed E-state index contributed by atoms with van der Waals surface area (Å²) in [5.41, 5.74) is 3.15. The zero-order valence-corrected chi connectivity index (χ0v) is 8.52. The van der Waals surface area contributed by atoms with Crippen LogP contribution in [0.4, 0.5) is 0 Å². The Bertz CT molecular complexity index is 253. The molecule has 0 bridgehead atoms. The lowest BCUT2D eigenvalue weighted by molar-refractivity contribution is 0.589. The van der Waals surface area contributed by atoms with Crippen LogP contribution >= 0.6 is 0 Å². The molecule has 0 saturated heterocycles. The Labute approximate surface area is 75.6 Å². The van der Waals surface area contributed by atoms with Gasteiger partial charge in [0.25, 0.3) is 0 Å². The number of aryl methyl sites for hydroxylation is 1. The fourth-order valence-electron chi connectivity index (χ4n) is 1.26. The van der Waals surface area contributed by atoms with Crippen LogP contribution in [-0.2, 0) is 11.8 Å². The van der Waals surface area contributed by atoms with Gasteiger partial charge in [-0.25, -0.2) is 0 Å². The molecule has 0 N–H and O–H groups in total. The first-order chi connectivity index (χ1) is 5.54. The van der Waals surface area contributed by atoms with E-state index in [-0.39, 0.29) is 5.41 Å². The molecule has 0 spiro atoms. The second-order valence-corrected chi connectivity index (χ2v) is 4.30. The van der Waals surface area contributed by atoms with Crippen molar-refractivity contribution in [1.82, 2.24) is 0 Å². The third-order valence-electron chi connectivity index (χ3n) is 2.20. The normalized spacial score (nSPS) is 11.7. The highest BCUT2D eigenvalue weighted by molar-refractivity contribution is 5.28. The molecule has 0 heteroatoms. The monoisotopic (exact) mass is 162 g/mol. The van der Waals surface area contributed by atoms with Crippen LogP contribution in [0.5, 0.6) is 0 Å². The quantitative estimate of drug-likeness (QED) is 0.592. The molecule has 0 atom stereocenters. The van der Waals surface area contributed by atoms with Crippen molar-refractivity contribution in [3.8, 4) is 0 Å². The van der Waals surface area contributed by atoms with Gasteiger partial charge in [-0.2, -0.15) is 0 Å². The summed E-state index contributed by atoms with van der Waals surface area (Å²) in [4.78, 5) is 0. The number of hydrogen-bond donors (Lipinski definition) is 0. The van der Waals surface area contributed by atoms with Gasteiger partial charge in [0.1, 0.15) is 0 Å². The first kappa shape index (κ1) is 9.31. The zero-order valence-electron chi connectivity index (χ0n) is 8.52. The minimum atomic E-state index is 0.283. The predicted molar refractivity (Wildman–Crippen MR) is 54.5 cm³/mol. The first-order valence-corrected chi connectivity index (χ1v) is 4.63. The van der Waals surface area contributed by atoms with E-state index in [0.29, 0.717) is 0 Å². The van der Waals surface area contributed by atoms with Gasteiger partial charge in [0, 0.05) is 0 Å². The standard InChI is InChI=1S/C12H18/c1-5-10-7-6-8-11(9-10)12(2,3)4/h6-9H,5H2,1-4H3. The van der Waals surface area contributed by atoms with Crippen LogP contribution in [-0.4, -0.2) is 0 Å². The van der Waals surface area contributed by atoms with Gasteiger partial charge in [-0.1, -0.05) is 52.0 Å². The summed E-state index contributed by atoms with van der Waals surface area (Å²) in [5, 5.41) is 0. The van der Waals surface area contributed by atoms with Crippen LogP contribution in [0.25, 0.3) is 0 Å². The van der Waals surface area contributed by atoms with Crippen LogP contribution < -0.4 is 0 Å². The molecule has 0 aromatic heterocycles. The Balaban J connectivity index is 3.02. The minimum absolute atomic E-state index is 0.283. The molecular formula is C12H18. The number of benzene rings is 1. The fraction of sp³-hybridized carbons (Fsp3) is 0.500. The molecule has 0 radical (unpaired) electrons. The van der Waals surface area contributed by atoms with E-state index in [9.17, 15) is 0 Å². The molecule has 12 heavy (non-hydrogen) atoms. The van der Waals surface area contributed by atoms with Crippen LogP contribution in [0.2, 0.25) is 0 Å². The maximum Gasteiger partial charge on any atom is -0.0132 e. The summed E-state index contributed by atoms with van der Waals surface area (Å²) in [6.07, 6.45) is 1.13. The highest BCUT2D eigenvalue weighted by Gasteiger charge is 2.12. The van der Waals surface area contributed by atoms with E-state index in [1.165, 1.54) is 11.1 Å². The lowest BCUT2D eigenvalue weighted by Crippen LogP contribution is -2.10. The Morgan fingerprint density at radius 2 is 1.83 bits per heavy atom. The highest BCUT2D eigenvalue weighted by Crippen LogP contribution is 2.22. The maximum absolute atomic E-state index is 2.31. The van der Waals surface area contributed by atoms with Gasteiger partial charge < -0.3 is 0 Å². The predicted octanol–water partition coefficient (Wildman–Crippen LogP) is 3.55. The molecule has 0 fully saturated rings. The van der Waals surface area contributed by atoms with Crippen LogP contribution in [0, 0.1) is 0 Å². The zero-order chi connectivity index (χ0) is 9.19. The second-order valence-electron chi connectivity index (χ2n) is 4.30. The fourth-order valence-corrected chi connectivity index (χ4v) is 1.26. The summed E-state index contributed by atoms with van der Waals surface area (Å²) in [6.45, 7) is 8.95. The van der Waals surface area contributed by atoms with Crippen molar-refractivity contribution in [2.24, 2.45) is 0 Å². The molecule has 0 nitrogen and oxygen atoms in total. The summed E-state index contributed by atoms with van der Waals surface area (Å²) in [6, 6.07) is 8.85. The average Bonchev–Trinajstić information content (AvgIpc) is 2.03. The van der Waals surface area contributed by atoms with Crippen molar-refractivity contribution >= 4 is 0 Å². The Hall–Kier alpha value is -0.780. The van der Waals surface area contributed by atoms with Crippen molar-refractivity contribution in [1.29, 1.82) is 0 Å². The molecule has 0 unspecified atom stereocenters. The van der Waals surface area contributed by atoms with Crippen molar-refractivity contribution in [2.75, 3.05) is 0 Å². The Morgan fingerprint density at radius 1 is 1.17 bits per heavy atom. The topological polar surface area (TPSA) is 0 Å². The Kier molecular flexibility index (Phi) is 2.56. The van der Waals surface area contributed by atoms with E-state index in [1.807, 2.05) is 0 Å². The molecule has 1 aromatic carbocycles. The molecule has 0 aliphatic rings. The second kappa shape index (κ2) is 3.30. The van der Waals surface area contributed by atoms with Crippen LogP contribution in [0.3, 0.4) is 0 Å². The molecule has 0 amide bonds. The molecule has 66 valence electrons. The SMILES string of the molecule is CCc1cccc(C(C)(C)C)c1. The summed E-state index contributed by atoms with van der Waals surface area (Å²) >= 11 is 0. The van der Waals surface area contributed by atoms with Gasteiger partial charge in [-0.15, -0.1) is 0 Å². The number of rotatable bonds is 1. The molecule has 1 aromatic rings. The lowest BCUT2D eigenvalue weighted by atomic mass is 9.86. The van der Waals surface area contributed by atoms with Crippen LogP contribution in [0.15, 0.2) is 24.3 Å². The molecule has 0 aliphatic heterocycles. The molecule has 0 aliphatic carbocycles. The average molecular weight is 162 g/mol. The summed E-state index contributed by atoms with van der Waals surface area (Å²) < 4.78 is 0. The van der Waals surface area contributed by atoms with Gasteiger partial charge in [0.15, 0.2) is 0 Å². The molecule has 0 heterocycles. The van der Waals surface area contributed by atoms with Crippen molar-refractivity contribution in [2.45, 2.75) is 39.5 Å². The highest BCUT2D eigenvalue weighted by atomic mass is 14.2. The van der Waals surface area contributed by atoms with Gasteiger partial charge in [0.05, 0.1) is 0 Å². The van der Waals surface area contributed by atoms with Gasteiger partial charge in [-0.05, 0) is 23.0 Å². The van der Waals surface area contributed by atoms with Crippen LogP contribution in [0.1, 0.15) is 38.8 Å². The van der Waals surface area contributed by atoms with E-state index in [0.717, 1.165) is 6.42 Å². The van der Waals surface area contributed by atoms with E-state index < -0.39 is 0 Å².